The fraction of sp³-hybridized carbons (Fsp3) is 0.167. The SMILES string of the molecule is CC(/C=N/NC(=O)C(=O)Nc1cccc(C(F)(F)F)c1)c1ccccc1. The van der Waals surface area contributed by atoms with E-state index in [2.05, 4.69) is 10.4 Å². The van der Waals surface area contributed by atoms with Crippen LogP contribution in [0.2, 0.25) is 0 Å². The van der Waals surface area contributed by atoms with Gasteiger partial charge in [0.05, 0.1) is 5.56 Å². The van der Waals surface area contributed by atoms with Gasteiger partial charge in [-0.1, -0.05) is 43.3 Å². The van der Waals surface area contributed by atoms with E-state index in [0.717, 1.165) is 23.8 Å². The van der Waals surface area contributed by atoms with Crippen LogP contribution < -0.4 is 10.7 Å². The molecule has 136 valence electrons. The Kier molecular flexibility index (Phi) is 6.11. The van der Waals surface area contributed by atoms with Crippen LogP contribution in [0.15, 0.2) is 59.7 Å². The Morgan fingerprint density at radius 2 is 1.73 bits per heavy atom. The van der Waals surface area contributed by atoms with Crippen LogP contribution in [0.3, 0.4) is 0 Å². The fourth-order valence-electron chi connectivity index (χ4n) is 2.06. The third-order valence-electron chi connectivity index (χ3n) is 3.44. The molecule has 8 heteroatoms. The van der Waals surface area contributed by atoms with Crippen LogP contribution >= 0.6 is 0 Å². The molecule has 1 unspecified atom stereocenters. The normalized spacial score (nSPS) is 12.6. The molecule has 2 N–H and O–H groups in total. The van der Waals surface area contributed by atoms with Crippen molar-refractivity contribution in [2.75, 3.05) is 5.32 Å². The molecule has 2 aromatic carbocycles. The van der Waals surface area contributed by atoms with Crippen LogP contribution in [0.5, 0.6) is 0 Å². The minimum atomic E-state index is -4.54. The van der Waals surface area contributed by atoms with Gasteiger partial charge < -0.3 is 5.32 Å². The highest BCUT2D eigenvalue weighted by atomic mass is 19.4. The molecule has 26 heavy (non-hydrogen) atoms. The molecule has 0 saturated carbocycles. The zero-order valence-corrected chi connectivity index (χ0v) is 13.7. The second kappa shape index (κ2) is 8.28. The van der Waals surface area contributed by atoms with Crippen molar-refractivity contribution in [3.05, 3.63) is 65.7 Å². The number of benzene rings is 2. The van der Waals surface area contributed by atoms with E-state index in [1.807, 2.05) is 42.7 Å². The standard InChI is InChI=1S/C18H16F3N3O2/c1-12(13-6-3-2-4-7-13)11-22-24-17(26)16(25)23-15-9-5-8-14(10-15)18(19,20)21/h2-12H,1H3,(H,23,25)(H,24,26)/b22-11+. The molecule has 2 aromatic rings. The predicted molar refractivity (Wildman–Crippen MR) is 91.6 cm³/mol. The summed E-state index contributed by atoms with van der Waals surface area (Å²) in [4.78, 5) is 23.4. The maximum absolute atomic E-state index is 12.6. The molecular weight excluding hydrogens is 347 g/mol. The number of hydrazone groups is 1. The lowest BCUT2D eigenvalue weighted by Crippen LogP contribution is -2.32. The Labute approximate surface area is 147 Å². The van der Waals surface area contributed by atoms with Crippen molar-refractivity contribution in [1.29, 1.82) is 0 Å². The van der Waals surface area contributed by atoms with Gasteiger partial charge in [0.25, 0.3) is 0 Å². The zero-order valence-electron chi connectivity index (χ0n) is 13.7. The van der Waals surface area contributed by atoms with E-state index in [1.165, 1.54) is 12.3 Å². The van der Waals surface area contributed by atoms with Gasteiger partial charge in [-0.3, -0.25) is 9.59 Å². The second-order valence-corrected chi connectivity index (χ2v) is 5.45. The minimum absolute atomic E-state index is 0.0944. The van der Waals surface area contributed by atoms with Crippen LogP contribution in [0.1, 0.15) is 24.0 Å². The fourth-order valence-corrected chi connectivity index (χ4v) is 2.06. The Bertz CT molecular complexity index is 805. The lowest BCUT2D eigenvalue weighted by Gasteiger charge is -2.09. The highest BCUT2D eigenvalue weighted by molar-refractivity contribution is 6.39. The Balaban J connectivity index is 1.92. The number of nitrogens with zero attached hydrogens (tertiary/aromatic N) is 1. The topological polar surface area (TPSA) is 70.6 Å². The van der Waals surface area contributed by atoms with Crippen LogP contribution in [0.25, 0.3) is 0 Å². The molecule has 0 aromatic heterocycles. The third kappa shape index (κ3) is 5.44. The summed E-state index contributed by atoms with van der Waals surface area (Å²) in [5.41, 5.74) is 1.95. The third-order valence-corrected chi connectivity index (χ3v) is 3.44. The first-order valence-electron chi connectivity index (χ1n) is 7.64. The van der Waals surface area contributed by atoms with Gasteiger partial charge in [-0.25, -0.2) is 5.43 Å². The summed E-state index contributed by atoms with van der Waals surface area (Å²) in [5, 5.41) is 5.80. The zero-order chi connectivity index (χ0) is 19.2. The van der Waals surface area contributed by atoms with Crippen LogP contribution in [0, 0.1) is 0 Å². The second-order valence-electron chi connectivity index (χ2n) is 5.45. The smallest absolute Gasteiger partial charge is 0.318 e. The van der Waals surface area contributed by atoms with Gasteiger partial charge in [0.15, 0.2) is 0 Å². The molecule has 0 heterocycles. The number of amides is 2. The first-order chi connectivity index (χ1) is 12.3. The number of carbonyl (C=O) groups excluding carboxylic acids is 2. The molecule has 1 atom stereocenters. The van der Waals surface area contributed by atoms with Gasteiger partial charge in [-0.2, -0.15) is 18.3 Å². The summed E-state index contributed by atoms with van der Waals surface area (Å²) >= 11 is 0. The van der Waals surface area contributed by atoms with Crippen molar-refractivity contribution in [3.63, 3.8) is 0 Å². The summed E-state index contributed by atoms with van der Waals surface area (Å²) in [5.74, 6) is -2.30. The molecule has 0 saturated heterocycles. The van der Waals surface area contributed by atoms with Crippen molar-refractivity contribution >= 4 is 23.7 Å². The maximum Gasteiger partial charge on any atom is 0.416 e. The van der Waals surface area contributed by atoms with Gasteiger partial charge in [-0.05, 0) is 23.8 Å². The summed E-state index contributed by atoms with van der Waals surface area (Å²) in [6.45, 7) is 1.85. The van der Waals surface area contributed by atoms with E-state index in [4.69, 9.17) is 0 Å². The molecule has 0 bridgehead atoms. The maximum atomic E-state index is 12.6. The van der Waals surface area contributed by atoms with Crippen LogP contribution in [-0.2, 0) is 15.8 Å². The first-order valence-corrected chi connectivity index (χ1v) is 7.64. The van der Waals surface area contributed by atoms with Crippen molar-refractivity contribution in [3.8, 4) is 0 Å². The largest absolute Gasteiger partial charge is 0.416 e. The molecule has 0 aliphatic heterocycles. The first kappa shape index (κ1) is 19.2. The van der Waals surface area contributed by atoms with E-state index in [1.54, 1.807) is 0 Å². The number of hydrogen-bond donors (Lipinski definition) is 2. The number of carbonyl (C=O) groups is 2. The number of rotatable bonds is 4. The number of alkyl halides is 3. The van der Waals surface area contributed by atoms with Crippen LogP contribution in [0.4, 0.5) is 18.9 Å². The highest BCUT2D eigenvalue weighted by Crippen LogP contribution is 2.30. The van der Waals surface area contributed by atoms with Crippen molar-refractivity contribution in [2.24, 2.45) is 5.10 Å². The molecule has 0 radical (unpaired) electrons. The molecule has 0 fully saturated rings. The summed E-state index contributed by atoms with van der Waals surface area (Å²) in [6, 6.07) is 13.4. The summed E-state index contributed by atoms with van der Waals surface area (Å²) < 4.78 is 37.9. The molecule has 2 amide bonds. The molecule has 5 nitrogen and oxygen atoms in total. The van der Waals surface area contributed by atoms with Crippen molar-refractivity contribution in [1.82, 2.24) is 5.43 Å². The van der Waals surface area contributed by atoms with E-state index in [9.17, 15) is 22.8 Å². The molecule has 0 aliphatic rings. The quantitative estimate of drug-likeness (QED) is 0.495. The summed E-state index contributed by atoms with van der Waals surface area (Å²) in [7, 11) is 0. The Morgan fingerprint density at radius 3 is 2.38 bits per heavy atom. The van der Waals surface area contributed by atoms with Crippen LogP contribution in [-0.4, -0.2) is 18.0 Å². The average molecular weight is 363 g/mol. The Hall–Kier alpha value is -3.16. The van der Waals surface area contributed by atoms with E-state index >= 15 is 0 Å². The average Bonchev–Trinajstić information content (AvgIpc) is 2.61. The monoisotopic (exact) mass is 363 g/mol. The number of nitrogens with one attached hydrogen (secondary N) is 2. The van der Waals surface area contributed by atoms with Crippen molar-refractivity contribution in [2.45, 2.75) is 19.0 Å². The molecular formula is C18H16F3N3O2. The van der Waals surface area contributed by atoms with E-state index in [0.29, 0.717) is 0 Å². The van der Waals surface area contributed by atoms with Gasteiger partial charge in [0.2, 0.25) is 0 Å². The highest BCUT2D eigenvalue weighted by Gasteiger charge is 2.30. The molecule has 0 aliphatic carbocycles. The van der Waals surface area contributed by atoms with Gasteiger partial charge in [-0.15, -0.1) is 0 Å². The summed E-state index contributed by atoms with van der Waals surface area (Å²) in [6.07, 6.45) is -3.09. The van der Waals surface area contributed by atoms with Gasteiger partial charge >= 0.3 is 18.0 Å². The number of anilines is 1. The predicted octanol–water partition coefficient (Wildman–Crippen LogP) is 3.55. The number of hydrogen-bond acceptors (Lipinski definition) is 3. The lowest BCUT2D eigenvalue weighted by atomic mass is 10.0. The van der Waals surface area contributed by atoms with E-state index in [-0.39, 0.29) is 11.6 Å². The number of halogens is 3. The lowest BCUT2D eigenvalue weighted by molar-refractivity contribution is -0.137. The Morgan fingerprint density at radius 1 is 1.04 bits per heavy atom. The van der Waals surface area contributed by atoms with Gasteiger partial charge in [0.1, 0.15) is 0 Å². The van der Waals surface area contributed by atoms with E-state index < -0.39 is 23.6 Å². The minimum Gasteiger partial charge on any atom is -0.318 e. The van der Waals surface area contributed by atoms with Crippen molar-refractivity contribution < 1.29 is 22.8 Å². The molecule has 0 spiro atoms. The molecule has 2 rings (SSSR count). The van der Waals surface area contributed by atoms with Gasteiger partial charge in [0, 0.05) is 17.8 Å².